The van der Waals surface area contributed by atoms with Gasteiger partial charge in [0.2, 0.25) is 5.91 Å². The van der Waals surface area contributed by atoms with Crippen LogP contribution in [0, 0.1) is 11.7 Å². The van der Waals surface area contributed by atoms with E-state index in [1.54, 1.807) is 28.9 Å². The van der Waals surface area contributed by atoms with Gasteiger partial charge in [-0.2, -0.15) is 4.98 Å². The number of hydrogen-bond donors (Lipinski definition) is 1. The first kappa shape index (κ1) is 17.6. The van der Waals surface area contributed by atoms with E-state index < -0.39 is 0 Å². The Hall–Kier alpha value is -3.22. The van der Waals surface area contributed by atoms with E-state index >= 15 is 0 Å². The molecular weight excluding hydrogens is 335 g/mol. The molecule has 7 heteroatoms. The number of ether oxygens (including phenoxy) is 1. The van der Waals surface area contributed by atoms with Gasteiger partial charge in [0.1, 0.15) is 5.82 Å². The van der Waals surface area contributed by atoms with E-state index in [9.17, 15) is 9.18 Å². The second kappa shape index (κ2) is 7.35. The standard InChI is InChI=1S/C19H19FN4O2/c1-12(2)18(25)21-15-8-10-16(11-9-15)24-17(22-19(23-24)26-3)13-4-6-14(20)7-5-13/h4-12H,1-3H3,(H,21,25). The molecule has 0 bridgehead atoms. The maximum Gasteiger partial charge on any atom is 0.336 e. The van der Waals surface area contributed by atoms with Gasteiger partial charge in [-0.3, -0.25) is 4.79 Å². The van der Waals surface area contributed by atoms with Crippen molar-refractivity contribution in [3.05, 3.63) is 54.3 Å². The first-order valence-electron chi connectivity index (χ1n) is 8.16. The largest absolute Gasteiger partial charge is 0.466 e. The Morgan fingerprint density at radius 2 is 1.77 bits per heavy atom. The summed E-state index contributed by atoms with van der Waals surface area (Å²) in [6, 6.07) is 13.4. The van der Waals surface area contributed by atoms with Crippen LogP contribution in [0.4, 0.5) is 10.1 Å². The van der Waals surface area contributed by atoms with E-state index in [2.05, 4.69) is 15.4 Å². The van der Waals surface area contributed by atoms with E-state index in [4.69, 9.17) is 4.74 Å². The maximum atomic E-state index is 13.2. The lowest BCUT2D eigenvalue weighted by atomic mass is 10.2. The van der Waals surface area contributed by atoms with Gasteiger partial charge >= 0.3 is 6.01 Å². The monoisotopic (exact) mass is 354 g/mol. The summed E-state index contributed by atoms with van der Waals surface area (Å²) in [5, 5.41) is 7.16. The number of hydrogen-bond acceptors (Lipinski definition) is 4. The molecule has 3 aromatic rings. The van der Waals surface area contributed by atoms with Gasteiger partial charge in [-0.25, -0.2) is 9.07 Å². The normalized spacial score (nSPS) is 10.8. The Labute approximate surface area is 150 Å². The number of carbonyl (C=O) groups excluding carboxylic acids is 1. The number of rotatable bonds is 5. The molecule has 3 rings (SSSR count). The topological polar surface area (TPSA) is 69.0 Å². The predicted molar refractivity (Wildman–Crippen MR) is 96.8 cm³/mol. The predicted octanol–water partition coefficient (Wildman–Crippen LogP) is 3.68. The second-order valence-corrected chi connectivity index (χ2v) is 6.03. The van der Waals surface area contributed by atoms with E-state index in [1.165, 1.54) is 19.2 Å². The maximum absolute atomic E-state index is 13.2. The fourth-order valence-electron chi connectivity index (χ4n) is 2.32. The summed E-state index contributed by atoms with van der Waals surface area (Å²) in [5.41, 5.74) is 2.14. The number of nitrogens with zero attached hydrogens (tertiary/aromatic N) is 3. The number of halogens is 1. The molecular formula is C19H19FN4O2. The summed E-state index contributed by atoms with van der Waals surface area (Å²) in [4.78, 5) is 16.1. The summed E-state index contributed by atoms with van der Waals surface area (Å²) in [6.07, 6.45) is 0. The van der Waals surface area contributed by atoms with Crippen molar-refractivity contribution < 1.29 is 13.9 Å². The van der Waals surface area contributed by atoms with Crippen molar-refractivity contribution in [1.29, 1.82) is 0 Å². The molecule has 0 fully saturated rings. The molecule has 0 atom stereocenters. The van der Waals surface area contributed by atoms with Gasteiger partial charge in [0, 0.05) is 17.2 Å². The third kappa shape index (κ3) is 3.72. The SMILES string of the molecule is COc1nc(-c2ccc(F)cc2)n(-c2ccc(NC(=O)C(C)C)cc2)n1. The number of amides is 1. The van der Waals surface area contributed by atoms with Crippen LogP contribution in [0.15, 0.2) is 48.5 Å². The van der Waals surface area contributed by atoms with Crippen LogP contribution >= 0.6 is 0 Å². The molecule has 0 aliphatic heterocycles. The van der Waals surface area contributed by atoms with E-state index in [0.717, 1.165) is 5.69 Å². The number of aromatic nitrogens is 3. The molecule has 6 nitrogen and oxygen atoms in total. The minimum Gasteiger partial charge on any atom is -0.466 e. The molecule has 1 N–H and O–H groups in total. The van der Waals surface area contributed by atoms with Gasteiger partial charge in [0.05, 0.1) is 12.8 Å². The van der Waals surface area contributed by atoms with Crippen molar-refractivity contribution in [2.75, 3.05) is 12.4 Å². The lowest BCUT2D eigenvalue weighted by molar-refractivity contribution is -0.118. The van der Waals surface area contributed by atoms with Crippen molar-refractivity contribution in [3.8, 4) is 23.1 Å². The van der Waals surface area contributed by atoms with Crippen LogP contribution in [0.5, 0.6) is 6.01 Å². The highest BCUT2D eigenvalue weighted by atomic mass is 19.1. The Kier molecular flexibility index (Phi) is 4.97. The van der Waals surface area contributed by atoms with Crippen LogP contribution < -0.4 is 10.1 Å². The van der Waals surface area contributed by atoms with Crippen LogP contribution in [0.3, 0.4) is 0 Å². The van der Waals surface area contributed by atoms with Gasteiger partial charge in [0.15, 0.2) is 5.82 Å². The van der Waals surface area contributed by atoms with Crippen LogP contribution in [-0.4, -0.2) is 27.8 Å². The highest BCUT2D eigenvalue weighted by molar-refractivity contribution is 5.92. The molecule has 0 aliphatic rings. The number of methoxy groups -OCH3 is 1. The van der Waals surface area contributed by atoms with Crippen LogP contribution in [0.25, 0.3) is 17.1 Å². The van der Waals surface area contributed by atoms with Crippen LogP contribution in [-0.2, 0) is 4.79 Å². The lowest BCUT2D eigenvalue weighted by Gasteiger charge is -2.09. The molecule has 0 saturated carbocycles. The zero-order chi connectivity index (χ0) is 18.7. The van der Waals surface area contributed by atoms with E-state index in [1.807, 2.05) is 26.0 Å². The fourth-order valence-corrected chi connectivity index (χ4v) is 2.32. The first-order valence-corrected chi connectivity index (χ1v) is 8.16. The molecule has 2 aromatic carbocycles. The molecule has 134 valence electrons. The van der Waals surface area contributed by atoms with Crippen LogP contribution in [0.1, 0.15) is 13.8 Å². The molecule has 1 heterocycles. The first-order chi connectivity index (χ1) is 12.5. The average molecular weight is 354 g/mol. The molecule has 1 amide bonds. The Morgan fingerprint density at radius 3 is 2.35 bits per heavy atom. The van der Waals surface area contributed by atoms with E-state index in [0.29, 0.717) is 17.1 Å². The Balaban J connectivity index is 1.94. The quantitative estimate of drug-likeness (QED) is 0.759. The lowest BCUT2D eigenvalue weighted by Crippen LogP contribution is -2.17. The summed E-state index contributed by atoms with van der Waals surface area (Å²) in [6.45, 7) is 3.67. The smallest absolute Gasteiger partial charge is 0.336 e. The van der Waals surface area contributed by atoms with Gasteiger partial charge in [-0.1, -0.05) is 13.8 Å². The Bertz CT molecular complexity index is 902. The third-order valence-electron chi connectivity index (χ3n) is 3.78. The zero-order valence-electron chi connectivity index (χ0n) is 14.7. The van der Waals surface area contributed by atoms with Crippen LogP contribution in [0.2, 0.25) is 0 Å². The highest BCUT2D eigenvalue weighted by Crippen LogP contribution is 2.24. The molecule has 1 aromatic heterocycles. The molecule has 0 unspecified atom stereocenters. The van der Waals surface area contributed by atoms with Gasteiger partial charge < -0.3 is 10.1 Å². The van der Waals surface area contributed by atoms with Gasteiger partial charge in [-0.05, 0) is 48.5 Å². The Morgan fingerprint density at radius 1 is 1.12 bits per heavy atom. The number of anilines is 1. The minimum atomic E-state index is -0.322. The number of carbonyl (C=O) groups is 1. The van der Waals surface area contributed by atoms with E-state index in [-0.39, 0.29) is 23.7 Å². The molecule has 26 heavy (non-hydrogen) atoms. The number of nitrogens with one attached hydrogen (secondary N) is 1. The van der Waals surface area contributed by atoms with Crippen molar-refractivity contribution >= 4 is 11.6 Å². The average Bonchev–Trinajstić information content (AvgIpc) is 3.07. The molecule has 0 spiro atoms. The van der Waals surface area contributed by atoms with Gasteiger partial charge in [-0.15, -0.1) is 5.10 Å². The highest BCUT2D eigenvalue weighted by Gasteiger charge is 2.14. The fraction of sp³-hybridized carbons (Fsp3) is 0.211. The summed E-state index contributed by atoms with van der Waals surface area (Å²) in [7, 11) is 1.48. The second-order valence-electron chi connectivity index (χ2n) is 6.03. The minimum absolute atomic E-state index is 0.0489. The molecule has 0 saturated heterocycles. The molecule has 0 radical (unpaired) electrons. The molecule has 0 aliphatic carbocycles. The zero-order valence-corrected chi connectivity index (χ0v) is 14.7. The van der Waals surface area contributed by atoms with Gasteiger partial charge in [0.25, 0.3) is 0 Å². The third-order valence-corrected chi connectivity index (χ3v) is 3.78. The number of benzene rings is 2. The summed E-state index contributed by atoms with van der Waals surface area (Å²) in [5.74, 6) is 0.0596. The van der Waals surface area contributed by atoms with Crippen molar-refractivity contribution in [2.45, 2.75) is 13.8 Å². The summed E-state index contributed by atoms with van der Waals surface area (Å²) >= 11 is 0. The summed E-state index contributed by atoms with van der Waals surface area (Å²) < 4.78 is 19.9. The van der Waals surface area contributed by atoms with Crippen molar-refractivity contribution in [3.63, 3.8) is 0 Å². The van der Waals surface area contributed by atoms with Crippen molar-refractivity contribution in [2.24, 2.45) is 5.92 Å². The van der Waals surface area contributed by atoms with Crippen molar-refractivity contribution in [1.82, 2.24) is 14.8 Å².